The van der Waals surface area contributed by atoms with Gasteiger partial charge in [-0.2, -0.15) is 0 Å². The molecule has 1 saturated heterocycles. The first-order valence-electron chi connectivity index (χ1n) is 7.19. The molecule has 1 N–H and O–H groups in total. The summed E-state index contributed by atoms with van der Waals surface area (Å²) >= 11 is 0. The van der Waals surface area contributed by atoms with E-state index in [1.54, 1.807) is 0 Å². The highest BCUT2D eigenvalue weighted by Crippen LogP contribution is 2.17. The molecule has 0 amide bonds. The number of piperidine rings is 1. The van der Waals surface area contributed by atoms with Crippen molar-refractivity contribution in [2.75, 3.05) is 25.0 Å². The molecule has 1 aromatic heterocycles. The molecule has 3 nitrogen and oxygen atoms in total. The van der Waals surface area contributed by atoms with Crippen LogP contribution in [0.25, 0.3) is 0 Å². The van der Waals surface area contributed by atoms with E-state index in [4.69, 9.17) is 0 Å². The van der Waals surface area contributed by atoms with E-state index in [0.717, 1.165) is 31.2 Å². The van der Waals surface area contributed by atoms with Gasteiger partial charge >= 0.3 is 0 Å². The molecule has 1 aliphatic heterocycles. The van der Waals surface area contributed by atoms with Crippen LogP contribution in [-0.4, -0.2) is 29.5 Å². The predicted octanol–water partition coefficient (Wildman–Crippen LogP) is 3.14. The van der Waals surface area contributed by atoms with Gasteiger partial charge in [-0.3, -0.25) is 4.90 Å². The fourth-order valence-electron chi connectivity index (χ4n) is 2.56. The Morgan fingerprint density at radius 1 is 1.44 bits per heavy atom. The van der Waals surface area contributed by atoms with Gasteiger partial charge in [0.15, 0.2) is 0 Å². The van der Waals surface area contributed by atoms with Crippen molar-refractivity contribution in [3.8, 4) is 0 Å². The molecule has 18 heavy (non-hydrogen) atoms. The van der Waals surface area contributed by atoms with Crippen LogP contribution in [0.2, 0.25) is 0 Å². The van der Waals surface area contributed by atoms with Crippen LogP contribution in [-0.2, 0) is 6.54 Å². The van der Waals surface area contributed by atoms with Crippen LogP contribution in [0.3, 0.4) is 0 Å². The molecular formula is C15H25N3. The number of hydrogen-bond acceptors (Lipinski definition) is 3. The zero-order valence-corrected chi connectivity index (χ0v) is 11.7. The molecule has 0 spiro atoms. The summed E-state index contributed by atoms with van der Waals surface area (Å²) in [6.45, 7) is 9.03. The normalized spacial score (nSPS) is 20.9. The number of anilines is 1. The minimum atomic E-state index is 0.845. The first-order chi connectivity index (χ1) is 8.78. The largest absolute Gasteiger partial charge is 0.370 e. The van der Waals surface area contributed by atoms with Crippen LogP contribution in [0.15, 0.2) is 18.3 Å². The molecule has 0 aromatic carbocycles. The average Bonchev–Trinajstić information content (AvgIpc) is 2.38. The molecule has 0 saturated carbocycles. The maximum atomic E-state index is 4.46. The van der Waals surface area contributed by atoms with Gasteiger partial charge in [0.1, 0.15) is 5.82 Å². The Morgan fingerprint density at radius 2 is 2.33 bits per heavy atom. The van der Waals surface area contributed by atoms with Gasteiger partial charge in [-0.1, -0.05) is 19.9 Å². The first-order valence-corrected chi connectivity index (χ1v) is 7.19. The van der Waals surface area contributed by atoms with E-state index in [9.17, 15) is 0 Å². The monoisotopic (exact) mass is 247 g/mol. The van der Waals surface area contributed by atoms with E-state index in [2.05, 4.69) is 41.2 Å². The van der Waals surface area contributed by atoms with Gasteiger partial charge in [-0.15, -0.1) is 0 Å². The number of hydrogen-bond donors (Lipinski definition) is 1. The number of pyridine rings is 1. The number of likely N-dealkylation sites (tertiary alicyclic amines) is 1. The Hall–Kier alpha value is -1.09. The maximum Gasteiger partial charge on any atom is 0.125 e. The van der Waals surface area contributed by atoms with Gasteiger partial charge < -0.3 is 5.32 Å². The predicted molar refractivity (Wildman–Crippen MR) is 76.7 cm³/mol. The van der Waals surface area contributed by atoms with E-state index in [0.29, 0.717) is 0 Å². The van der Waals surface area contributed by atoms with E-state index < -0.39 is 0 Å². The third kappa shape index (κ3) is 3.98. The fourth-order valence-corrected chi connectivity index (χ4v) is 2.56. The second-order valence-corrected chi connectivity index (χ2v) is 5.46. The summed E-state index contributed by atoms with van der Waals surface area (Å²) in [7, 11) is 0. The molecule has 0 bridgehead atoms. The van der Waals surface area contributed by atoms with Crippen molar-refractivity contribution in [3.63, 3.8) is 0 Å². The summed E-state index contributed by atoms with van der Waals surface area (Å²) in [5.74, 6) is 1.84. The lowest BCUT2D eigenvalue weighted by Gasteiger charge is -2.30. The maximum absolute atomic E-state index is 4.46. The Bertz CT molecular complexity index is 347. The van der Waals surface area contributed by atoms with Crippen molar-refractivity contribution in [3.05, 3.63) is 23.9 Å². The smallest absolute Gasteiger partial charge is 0.125 e. The molecule has 0 radical (unpaired) electrons. The summed E-state index contributed by atoms with van der Waals surface area (Å²) in [6.07, 6.45) is 5.87. The SMILES string of the molecule is CCCNc1ccc(CN2CCCC(C)C2)cn1. The Balaban J connectivity index is 1.85. The molecule has 100 valence electrons. The van der Waals surface area contributed by atoms with Gasteiger partial charge in [-0.25, -0.2) is 4.98 Å². The number of aromatic nitrogens is 1. The molecule has 2 rings (SSSR count). The van der Waals surface area contributed by atoms with Crippen molar-refractivity contribution in [1.82, 2.24) is 9.88 Å². The van der Waals surface area contributed by atoms with Gasteiger partial charge in [0.2, 0.25) is 0 Å². The molecule has 1 aromatic rings. The minimum Gasteiger partial charge on any atom is -0.370 e. The van der Waals surface area contributed by atoms with E-state index in [-0.39, 0.29) is 0 Å². The lowest BCUT2D eigenvalue weighted by molar-refractivity contribution is 0.176. The Morgan fingerprint density at radius 3 is 3.00 bits per heavy atom. The zero-order valence-electron chi connectivity index (χ0n) is 11.7. The molecule has 3 heteroatoms. The molecular weight excluding hydrogens is 222 g/mol. The summed E-state index contributed by atoms with van der Waals surface area (Å²) in [5.41, 5.74) is 1.33. The highest BCUT2D eigenvalue weighted by molar-refractivity contribution is 5.35. The van der Waals surface area contributed by atoms with Gasteiger partial charge in [0.25, 0.3) is 0 Å². The number of rotatable bonds is 5. The van der Waals surface area contributed by atoms with Crippen LogP contribution in [0, 0.1) is 5.92 Å². The van der Waals surface area contributed by atoms with Gasteiger partial charge in [-0.05, 0) is 43.4 Å². The lowest BCUT2D eigenvalue weighted by Crippen LogP contribution is -2.33. The van der Waals surface area contributed by atoms with Gasteiger partial charge in [0.05, 0.1) is 0 Å². The quantitative estimate of drug-likeness (QED) is 0.866. The molecule has 0 aliphatic carbocycles. The van der Waals surface area contributed by atoms with Crippen LogP contribution < -0.4 is 5.32 Å². The Kier molecular flexibility index (Phi) is 5.00. The second kappa shape index (κ2) is 6.74. The Labute approximate surface area is 111 Å². The van der Waals surface area contributed by atoms with Crippen LogP contribution in [0.5, 0.6) is 0 Å². The van der Waals surface area contributed by atoms with Crippen molar-refractivity contribution in [1.29, 1.82) is 0 Å². The highest BCUT2D eigenvalue weighted by atomic mass is 15.1. The van der Waals surface area contributed by atoms with Crippen molar-refractivity contribution in [2.45, 2.75) is 39.7 Å². The van der Waals surface area contributed by atoms with Crippen molar-refractivity contribution >= 4 is 5.82 Å². The third-order valence-electron chi connectivity index (χ3n) is 3.53. The topological polar surface area (TPSA) is 28.2 Å². The summed E-state index contributed by atoms with van der Waals surface area (Å²) in [4.78, 5) is 7.01. The van der Waals surface area contributed by atoms with E-state index in [1.807, 2.05) is 6.20 Å². The number of nitrogens with one attached hydrogen (secondary N) is 1. The van der Waals surface area contributed by atoms with Crippen LogP contribution in [0.4, 0.5) is 5.82 Å². The minimum absolute atomic E-state index is 0.845. The number of nitrogens with zero attached hydrogens (tertiary/aromatic N) is 2. The van der Waals surface area contributed by atoms with Crippen molar-refractivity contribution < 1.29 is 0 Å². The van der Waals surface area contributed by atoms with E-state index >= 15 is 0 Å². The third-order valence-corrected chi connectivity index (χ3v) is 3.53. The standard InChI is InChI=1S/C15H25N3/c1-3-8-16-15-7-6-14(10-17-15)12-18-9-4-5-13(2)11-18/h6-7,10,13H,3-5,8-9,11-12H2,1-2H3,(H,16,17). The molecule has 1 fully saturated rings. The van der Waals surface area contributed by atoms with E-state index in [1.165, 1.54) is 31.5 Å². The van der Waals surface area contributed by atoms with Gasteiger partial charge in [0, 0.05) is 25.8 Å². The summed E-state index contributed by atoms with van der Waals surface area (Å²) in [6, 6.07) is 4.29. The molecule has 2 heterocycles. The van der Waals surface area contributed by atoms with Crippen molar-refractivity contribution in [2.24, 2.45) is 5.92 Å². The fraction of sp³-hybridized carbons (Fsp3) is 0.667. The second-order valence-electron chi connectivity index (χ2n) is 5.46. The first kappa shape index (κ1) is 13.3. The molecule has 1 unspecified atom stereocenters. The molecule has 1 atom stereocenters. The molecule has 1 aliphatic rings. The summed E-state index contributed by atoms with van der Waals surface area (Å²) < 4.78 is 0. The van der Waals surface area contributed by atoms with Crippen LogP contribution >= 0.6 is 0 Å². The average molecular weight is 247 g/mol. The van der Waals surface area contributed by atoms with Crippen LogP contribution in [0.1, 0.15) is 38.7 Å². The lowest BCUT2D eigenvalue weighted by atomic mass is 10.00. The zero-order chi connectivity index (χ0) is 12.8. The highest BCUT2D eigenvalue weighted by Gasteiger charge is 2.16. The summed E-state index contributed by atoms with van der Waals surface area (Å²) in [5, 5.41) is 3.31.